The molecule has 4 saturated carbocycles. The van der Waals surface area contributed by atoms with Gasteiger partial charge in [0.25, 0.3) is 0 Å². The Balaban J connectivity index is 1.40. The molecule has 30 heavy (non-hydrogen) atoms. The normalized spacial score (nSPS) is 48.4. The van der Waals surface area contributed by atoms with E-state index < -0.39 is 0 Å². The first-order valence-electron chi connectivity index (χ1n) is 12.0. The maximum absolute atomic E-state index is 12.7. The number of nitrogens with zero attached hydrogens (tertiary/aromatic N) is 2. The molecule has 0 radical (unpaired) electrons. The van der Waals surface area contributed by atoms with Gasteiger partial charge < -0.3 is 15.0 Å². The van der Waals surface area contributed by atoms with Gasteiger partial charge in [-0.25, -0.2) is 0 Å². The SMILES string of the molecule is CON=C1C[C@@H]2[C@H](CC[C@]3(C)C(=O)CC[C@@H]23)[C@@]2(C)CCC(=NO[C@H]3CCNC3)CC12. The number of hydrogen-bond donors (Lipinski definition) is 1. The van der Waals surface area contributed by atoms with Crippen LogP contribution in [-0.2, 0) is 14.5 Å². The molecule has 1 unspecified atom stereocenters. The Morgan fingerprint density at radius 1 is 1.03 bits per heavy atom. The third-order valence-electron chi connectivity index (χ3n) is 9.58. The van der Waals surface area contributed by atoms with Gasteiger partial charge in [0.15, 0.2) is 0 Å². The fraction of sp³-hybridized carbons (Fsp3) is 0.875. The maximum Gasteiger partial charge on any atom is 0.141 e. The number of carbonyl (C=O) groups is 1. The minimum atomic E-state index is -0.104. The summed E-state index contributed by atoms with van der Waals surface area (Å²) in [5, 5.41) is 12.5. The van der Waals surface area contributed by atoms with Gasteiger partial charge in [-0.05, 0) is 74.7 Å². The number of nitrogens with one attached hydrogen (secondary N) is 1. The Morgan fingerprint density at radius 3 is 2.67 bits per heavy atom. The summed E-state index contributed by atoms with van der Waals surface area (Å²) in [6.45, 7) is 6.65. The zero-order chi connectivity index (χ0) is 20.9. The highest BCUT2D eigenvalue weighted by molar-refractivity contribution is 5.96. The van der Waals surface area contributed by atoms with Gasteiger partial charge in [-0.1, -0.05) is 24.2 Å². The minimum Gasteiger partial charge on any atom is -0.399 e. The van der Waals surface area contributed by atoms with E-state index in [0.717, 1.165) is 64.5 Å². The molecular weight excluding hydrogens is 378 g/mol. The highest BCUT2D eigenvalue weighted by Crippen LogP contribution is 2.64. The summed E-state index contributed by atoms with van der Waals surface area (Å²) in [5.41, 5.74) is 2.48. The molecule has 5 aliphatic rings. The summed E-state index contributed by atoms with van der Waals surface area (Å²) in [5.74, 6) is 2.61. The fourth-order valence-electron chi connectivity index (χ4n) is 7.81. The van der Waals surface area contributed by atoms with Crippen molar-refractivity contribution in [2.45, 2.75) is 77.7 Å². The molecule has 0 aromatic heterocycles. The van der Waals surface area contributed by atoms with Gasteiger partial charge >= 0.3 is 0 Å². The van der Waals surface area contributed by atoms with E-state index in [1.165, 1.54) is 17.8 Å². The summed E-state index contributed by atoms with van der Waals surface area (Å²) < 4.78 is 0. The van der Waals surface area contributed by atoms with Crippen LogP contribution in [0.2, 0.25) is 0 Å². The van der Waals surface area contributed by atoms with Crippen molar-refractivity contribution >= 4 is 17.2 Å². The van der Waals surface area contributed by atoms with Crippen molar-refractivity contribution in [1.82, 2.24) is 5.32 Å². The molecule has 0 spiro atoms. The highest BCUT2D eigenvalue weighted by Gasteiger charge is 2.61. The minimum absolute atomic E-state index is 0.104. The number of ketones is 1. The van der Waals surface area contributed by atoms with Crippen molar-refractivity contribution < 1.29 is 14.5 Å². The van der Waals surface area contributed by atoms with E-state index in [1.807, 2.05) is 0 Å². The summed E-state index contributed by atoms with van der Waals surface area (Å²) in [6.07, 6.45) is 9.38. The Hall–Kier alpha value is -1.43. The lowest BCUT2D eigenvalue weighted by Gasteiger charge is -2.59. The van der Waals surface area contributed by atoms with Crippen LogP contribution in [0.15, 0.2) is 10.3 Å². The fourth-order valence-corrected chi connectivity index (χ4v) is 7.81. The lowest BCUT2D eigenvalue weighted by Crippen LogP contribution is -2.56. The van der Waals surface area contributed by atoms with Crippen LogP contribution in [0.4, 0.5) is 0 Å². The van der Waals surface area contributed by atoms with Crippen LogP contribution >= 0.6 is 0 Å². The molecule has 6 heteroatoms. The molecule has 5 rings (SSSR count). The van der Waals surface area contributed by atoms with Gasteiger partial charge in [0.1, 0.15) is 19.0 Å². The van der Waals surface area contributed by atoms with Crippen LogP contribution in [0, 0.1) is 34.5 Å². The predicted molar refractivity (Wildman–Crippen MR) is 116 cm³/mol. The standard InChI is InChI=1S/C24H37N3O3/c1-23-9-6-15(26-30-16-8-11-25-14-16)12-20(23)21(27-29-3)13-17-18-4-5-22(28)24(18,2)10-7-19(17)23/h16-20,25H,4-14H2,1-3H3/t16-,17-,18-,19-,20?,23+,24-/m0/s1. The summed E-state index contributed by atoms with van der Waals surface area (Å²) in [4.78, 5) is 23.9. The van der Waals surface area contributed by atoms with Crippen LogP contribution in [0.5, 0.6) is 0 Å². The Labute approximate surface area is 180 Å². The first kappa shape index (κ1) is 20.5. The van der Waals surface area contributed by atoms with Crippen molar-refractivity contribution in [3.05, 3.63) is 0 Å². The topological polar surface area (TPSA) is 72.3 Å². The van der Waals surface area contributed by atoms with E-state index >= 15 is 0 Å². The van der Waals surface area contributed by atoms with Gasteiger partial charge in [-0.3, -0.25) is 4.79 Å². The third-order valence-corrected chi connectivity index (χ3v) is 9.58. The van der Waals surface area contributed by atoms with Crippen molar-refractivity contribution in [2.75, 3.05) is 20.2 Å². The van der Waals surface area contributed by atoms with E-state index in [1.54, 1.807) is 7.11 Å². The first-order chi connectivity index (χ1) is 14.5. The predicted octanol–water partition coefficient (Wildman–Crippen LogP) is 3.95. The zero-order valence-corrected chi connectivity index (χ0v) is 18.8. The molecule has 0 bridgehead atoms. The summed E-state index contributed by atoms with van der Waals surface area (Å²) >= 11 is 0. The number of rotatable bonds is 3. The third kappa shape index (κ3) is 3.12. The average molecular weight is 416 g/mol. The van der Waals surface area contributed by atoms with Crippen LogP contribution in [-0.4, -0.2) is 43.5 Å². The molecule has 1 heterocycles. The summed E-state index contributed by atoms with van der Waals surface area (Å²) in [7, 11) is 1.66. The molecular formula is C24H37N3O3. The Bertz CT molecular complexity index is 759. The van der Waals surface area contributed by atoms with Gasteiger partial charge in [0.2, 0.25) is 0 Å². The van der Waals surface area contributed by atoms with Crippen LogP contribution in [0.3, 0.4) is 0 Å². The van der Waals surface area contributed by atoms with E-state index in [2.05, 4.69) is 29.5 Å². The summed E-state index contributed by atoms with van der Waals surface area (Å²) in [6, 6.07) is 0. The molecule has 6 nitrogen and oxygen atoms in total. The van der Waals surface area contributed by atoms with Gasteiger partial charge in [-0.2, -0.15) is 0 Å². The molecule has 0 aromatic carbocycles. The lowest BCUT2D eigenvalue weighted by atomic mass is 9.45. The van der Waals surface area contributed by atoms with Crippen molar-refractivity contribution in [3.8, 4) is 0 Å². The van der Waals surface area contributed by atoms with Gasteiger partial charge in [0, 0.05) is 30.7 Å². The van der Waals surface area contributed by atoms with Crippen molar-refractivity contribution in [1.29, 1.82) is 0 Å². The molecule has 0 amide bonds. The van der Waals surface area contributed by atoms with Crippen molar-refractivity contribution in [2.24, 2.45) is 44.8 Å². The quantitative estimate of drug-likeness (QED) is 0.709. The van der Waals surface area contributed by atoms with E-state index in [0.29, 0.717) is 29.5 Å². The average Bonchev–Trinajstić information content (AvgIpc) is 3.35. The number of hydrogen-bond acceptors (Lipinski definition) is 6. The van der Waals surface area contributed by atoms with E-state index in [-0.39, 0.29) is 16.9 Å². The second-order valence-electron chi connectivity index (χ2n) is 10.9. The molecule has 4 aliphatic carbocycles. The number of carbonyl (C=O) groups excluding carboxylic acids is 1. The molecule has 0 aromatic rings. The molecule has 1 N–H and O–H groups in total. The molecule has 7 atom stereocenters. The van der Waals surface area contributed by atoms with Crippen LogP contribution in [0.25, 0.3) is 0 Å². The van der Waals surface area contributed by atoms with Crippen LogP contribution < -0.4 is 5.32 Å². The smallest absolute Gasteiger partial charge is 0.141 e. The second kappa shape index (κ2) is 7.61. The first-order valence-corrected chi connectivity index (χ1v) is 12.0. The number of fused-ring (bicyclic) bond motifs is 5. The highest BCUT2D eigenvalue weighted by atomic mass is 16.6. The maximum atomic E-state index is 12.7. The number of Topliss-reactive ketones (excluding diaryl/α,β-unsaturated/α-hetero) is 1. The molecule has 1 saturated heterocycles. The Morgan fingerprint density at radius 2 is 1.90 bits per heavy atom. The van der Waals surface area contributed by atoms with Crippen molar-refractivity contribution in [3.63, 3.8) is 0 Å². The monoisotopic (exact) mass is 415 g/mol. The molecule has 166 valence electrons. The van der Waals surface area contributed by atoms with Gasteiger partial charge in [-0.15, -0.1) is 0 Å². The molecule has 1 aliphatic heterocycles. The van der Waals surface area contributed by atoms with Crippen LogP contribution in [0.1, 0.15) is 71.6 Å². The Kier molecular flexibility index (Phi) is 5.19. The van der Waals surface area contributed by atoms with Gasteiger partial charge in [0.05, 0.1) is 11.4 Å². The van der Waals surface area contributed by atoms with E-state index in [9.17, 15) is 4.79 Å². The molecule has 5 fully saturated rings. The largest absolute Gasteiger partial charge is 0.399 e. The lowest BCUT2D eigenvalue weighted by molar-refractivity contribution is -0.133. The number of oxime groups is 2. The zero-order valence-electron chi connectivity index (χ0n) is 18.8. The second-order valence-corrected chi connectivity index (χ2v) is 10.9. The van der Waals surface area contributed by atoms with E-state index in [4.69, 9.17) is 9.68 Å².